The van der Waals surface area contributed by atoms with E-state index in [4.69, 9.17) is 9.47 Å². The van der Waals surface area contributed by atoms with Gasteiger partial charge in [0.15, 0.2) is 5.69 Å². The van der Waals surface area contributed by atoms with Crippen LogP contribution in [0.2, 0.25) is 25.7 Å². The largest absolute Gasteiger partial charge is 0.497 e. The number of benzene rings is 1. The molecule has 1 N–H and O–H groups in total. The maximum absolute atomic E-state index is 11.2. The first-order valence-corrected chi connectivity index (χ1v) is 11.5. The standard InChI is InChI=1S/C17H24N2O4Si/c1-22-14-7-5-6-13(10-14)16-11-15(17(20)21)18-19(16)12-23-8-9-24(2,3)4/h5-7,10-11H,8-9,12H2,1-4H3,(H,20,21). The molecule has 0 spiro atoms. The van der Waals surface area contributed by atoms with E-state index >= 15 is 0 Å². The van der Waals surface area contributed by atoms with Gasteiger partial charge in [0, 0.05) is 20.2 Å². The highest BCUT2D eigenvalue weighted by molar-refractivity contribution is 6.76. The fourth-order valence-corrected chi connectivity index (χ4v) is 2.92. The summed E-state index contributed by atoms with van der Waals surface area (Å²) < 4.78 is 12.5. The van der Waals surface area contributed by atoms with Gasteiger partial charge in [-0.25, -0.2) is 9.48 Å². The van der Waals surface area contributed by atoms with Crippen LogP contribution < -0.4 is 4.74 Å². The lowest BCUT2D eigenvalue weighted by Crippen LogP contribution is -2.22. The van der Waals surface area contributed by atoms with Crippen molar-refractivity contribution in [2.75, 3.05) is 13.7 Å². The Morgan fingerprint density at radius 1 is 1.29 bits per heavy atom. The predicted molar refractivity (Wildman–Crippen MR) is 95.3 cm³/mol. The molecule has 1 aromatic heterocycles. The van der Waals surface area contributed by atoms with Crippen LogP contribution in [-0.4, -0.2) is 42.6 Å². The van der Waals surface area contributed by atoms with E-state index in [1.165, 1.54) is 0 Å². The van der Waals surface area contributed by atoms with E-state index in [2.05, 4.69) is 24.7 Å². The molecule has 0 saturated heterocycles. The Morgan fingerprint density at radius 3 is 2.67 bits per heavy atom. The Kier molecular flexibility index (Phi) is 5.79. The van der Waals surface area contributed by atoms with Crippen molar-refractivity contribution >= 4 is 14.0 Å². The van der Waals surface area contributed by atoms with E-state index in [-0.39, 0.29) is 12.4 Å². The third-order valence-electron chi connectivity index (χ3n) is 3.57. The van der Waals surface area contributed by atoms with Crippen LogP contribution in [0.25, 0.3) is 11.3 Å². The number of ether oxygens (including phenoxy) is 2. The third kappa shape index (κ3) is 4.94. The van der Waals surface area contributed by atoms with Crippen LogP contribution in [0.1, 0.15) is 10.5 Å². The molecule has 1 aromatic carbocycles. The number of nitrogens with zero attached hydrogens (tertiary/aromatic N) is 2. The number of rotatable bonds is 8. The molecule has 0 aliphatic heterocycles. The number of carboxylic acids is 1. The van der Waals surface area contributed by atoms with Crippen LogP contribution in [0.5, 0.6) is 5.75 Å². The van der Waals surface area contributed by atoms with E-state index in [0.29, 0.717) is 18.1 Å². The second kappa shape index (κ2) is 7.63. The van der Waals surface area contributed by atoms with Gasteiger partial charge in [0.2, 0.25) is 0 Å². The predicted octanol–water partition coefficient (Wildman–Crippen LogP) is 3.57. The maximum atomic E-state index is 11.2. The quantitative estimate of drug-likeness (QED) is 0.583. The molecule has 1 heterocycles. The Hall–Kier alpha value is -2.12. The molecular weight excluding hydrogens is 324 g/mol. The zero-order valence-corrected chi connectivity index (χ0v) is 15.6. The molecule has 0 bridgehead atoms. The average Bonchev–Trinajstić information content (AvgIpc) is 2.95. The molecule has 130 valence electrons. The topological polar surface area (TPSA) is 73.6 Å². The average molecular weight is 348 g/mol. The summed E-state index contributed by atoms with van der Waals surface area (Å²) in [7, 11) is 0.433. The minimum atomic E-state index is -1.16. The third-order valence-corrected chi connectivity index (χ3v) is 5.28. The molecule has 2 aromatic rings. The van der Waals surface area contributed by atoms with Crippen LogP contribution in [0.4, 0.5) is 0 Å². The summed E-state index contributed by atoms with van der Waals surface area (Å²) >= 11 is 0. The summed E-state index contributed by atoms with van der Waals surface area (Å²) in [5.41, 5.74) is 1.53. The molecule has 0 aliphatic carbocycles. The highest BCUT2D eigenvalue weighted by atomic mass is 28.3. The molecular formula is C17H24N2O4Si. The molecule has 0 amide bonds. The van der Waals surface area contributed by atoms with Gasteiger partial charge in [-0.05, 0) is 24.2 Å². The summed E-state index contributed by atoms with van der Waals surface area (Å²) in [5.74, 6) is -0.350. The van der Waals surface area contributed by atoms with Crippen LogP contribution in [0.15, 0.2) is 30.3 Å². The Morgan fingerprint density at radius 2 is 2.04 bits per heavy atom. The molecule has 0 atom stereocenters. The number of hydrogen-bond acceptors (Lipinski definition) is 4. The number of methoxy groups -OCH3 is 1. The number of carbonyl (C=O) groups is 1. The van der Waals surface area contributed by atoms with Gasteiger partial charge >= 0.3 is 5.97 Å². The minimum absolute atomic E-state index is 0.00150. The second-order valence-corrected chi connectivity index (χ2v) is 12.4. The maximum Gasteiger partial charge on any atom is 0.356 e. The zero-order chi connectivity index (χ0) is 17.7. The van der Waals surface area contributed by atoms with E-state index in [9.17, 15) is 9.90 Å². The first-order chi connectivity index (χ1) is 11.3. The molecule has 0 saturated carbocycles. The van der Waals surface area contributed by atoms with Crippen LogP contribution in [-0.2, 0) is 11.5 Å². The summed E-state index contributed by atoms with van der Waals surface area (Å²) in [6, 6.07) is 10.0. The molecule has 24 heavy (non-hydrogen) atoms. The van der Waals surface area contributed by atoms with Gasteiger partial charge in [0.1, 0.15) is 12.5 Å². The molecule has 2 rings (SSSR count). The molecule has 0 aliphatic rings. The van der Waals surface area contributed by atoms with Crippen molar-refractivity contribution in [2.24, 2.45) is 0 Å². The lowest BCUT2D eigenvalue weighted by molar-refractivity contribution is 0.0673. The monoisotopic (exact) mass is 348 g/mol. The van der Waals surface area contributed by atoms with E-state index in [1.807, 2.05) is 24.3 Å². The molecule has 0 radical (unpaired) electrons. The van der Waals surface area contributed by atoms with Gasteiger partial charge in [-0.1, -0.05) is 31.8 Å². The van der Waals surface area contributed by atoms with Crippen molar-refractivity contribution < 1.29 is 19.4 Å². The van der Waals surface area contributed by atoms with Crippen LogP contribution >= 0.6 is 0 Å². The van der Waals surface area contributed by atoms with Gasteiger partial charge in [-0.3, -0.25) is 0 Å². The Bertz CT molecular complexity index is 707. The Labute approximate surface area is 143 Å². The summed E-state index contributed by atoms with van der Waals surface area (Å²) in [5, 5.41) is 13.4. The highest BCUT2D eigenvalue weighted by Gasteiger charge is 2.16. The first-order valence-electron chi connectivity index (χ1n) is 7.83. The fourth-order valence-electron chi connectivity index (χ4n) is 2.16. The van der Waals surface area contributed by atoms with E-state index in [1.54, 1.807) is 17.9 Å². The van der Waals surface area contributed by atoms with Gasteiger partial charge in [0.05, 0.1) is 12.8 Å². The second-order valence-electron chi connectivity index (χ2n) is 6.80. The Balaban J connectivity index is 2.21. The number of carboxylic acid groups (broad SMARTS) is 1. The number of hydrogen-bond donors (Lipinski definition) is 1. The molecule has 7 heteroatoms. The van der Waals surface area contributed by atoms with Crippen molar-refractivity contribution in [1.82, 2.24) is 9.78 Å². The van der Waals surface area contributed by atoms with Crippen molar-refractivity contribution in [2.45, 2.75) is 32.4 Å². The van der Waals surface area contributed by atoms with Crippen LogP contribution in [0.3, 0.4) is 0 Å². The highest BCUT2D eigenvalue weighted by Crippen LogP contribution is 2.25. The molecule has 0 unspecified atom stereocenters. The van der Waals surface area contributed by atoms with Crippen molar-refractivity contribution in [1.29, 1.82) is 0 Å². The van der Waals surface area contributed by atoms with Crippen molar-refractivity contribution in [3.8, 4) is 17.0 Å². The van der Waals surface area contributed by atoms with E-state index < -0.39 is 14.0 Å². The number of aromatic carboxylic acids is 1. The van der Waals surface area contributed by atoms with Gasteiger partial charge in [-0.15, -0.1) is 0 Å². The van der Waals surface area contributed by atoms with E-state index in [0.717, 1.165) is 11.6 Å². The van der Waals surface area contributed by atoms with Gasteiger partial charge < -0.3 is 14.6 Å². The number of aromatic nitrogens is 2. The normalized spacial score (nSPS) is 11.5. The summed E-state index contributed by atoms with van der Waals surface area (Å²) in [6.45, 7) is 7.73. The van der Waals surface area contributed by atoms with Crippen molar-refractivity contribution in [3.63, 3.8) is 0 Å². The van der Waals surface area contributed by atoms with Crippen molar-refractivity contribution in [3.05, 3.63) is 36.0 Å². The smallest absolute Gasteiger partial charge is 0.356 e. The first kappa shape index (κ1) is 18.2. The summed E-state index contributed by atoms with van der Waals surface area (Å²) in [4.78, 5) is 11.2. The zero-order valence-electron chi connectivity index (χ0n) is 14.6. The summed E-state index contributed by atoms with van der Waals surface area (Å²) in [6.07, 6.45) is 0. The SMILES string of the molecule is COc1cccc(-c2cc(C(=O)O)nn2COCC[Si](C)(C)C)c1. The van der Waals surface area contributed by atoms with Gasteiger partial charge in [0.25, 0.3) is 0 Å². The van der Waals surface area contributed by atoms with Gasteiger partial charge in [-0.2, -0.15) is 5.10 Å². The van der Waals surface area contributed by atoms with Crippen LogP contribution in [0, 0.1) is 0 Å². The minimum Gasteiger partial charge on any atom is -0.497 e. The molecule has 6 nitrogen and oxygen atoms in total. The lowest BCUT2D eigenvalue weighted by Gasteiger charge is -2.16. The lowest BCUT2D eigenvalue weighted by atomic mass is 10.1. The fraction of sp³-hybridized carbons (Fsp3) is 0.412. The molecule has 0 fully saturated rings.